The second-order valence-corrected chi connectivity index (χ2v) is 7.61. The molecule has 0 spiro atoms. The fourth-order valence-electron chi connectivity index (χ4n) is 3.64. The van der Waals surface area contributed by atoms with Crippen LogP contribution in [0.5, 0.6) is 11.5 Å². The van der Waals surface area contributed by atoms with E-state index in [2.05, 4.69) is 54.7 Å². The van der Waals surface area contributed by atoms with Crippen molar-refractivity contribution in [2.24, 2.45) is 0 Å². The zero-order valence-electron chi connectivity index (χ0n) is 18.1. The highest BCUT2D eigenvalue weighted by Gasteiger charge is 2.13. The van der Waals surface area contributed by atoms with Crippen LogP contribution in [0, 0.1) is 6.92 Å². The first-order valence-electron chi connectivity index (χ1n) is 10.4. The highest BCUT2D eigenvalue weighted by atomic mass is 16.5. The number of rotatable bonds is 8. The molecule has 0 aliphatic heterocycles. The van der Waals surface area contributed by atoms with Crippen molar-refractivity contribution in [3.63, 3.8) is 0 Å². The molecule has 0 saturated carbocycles. The summed E-state index contributed by atoms with van der Waals surface area (Å²) in [5.41, 5.74) is 4.12. The zero-order chi connectivity index (χ0) is 22.5. The van der Waals surface area contributed by atoms with Gasteiger partial charge < -0.3 is 19.9 Å². The van der Waals surface area contributed by atoms with E-state index in [1.165, 1.54) is 11.6 Å². The summed E-state index contributed by atoms with van der Waals surface area (Å²) < 4.78 is 11.6. The predicted octanol–water partition coefficient (Wildman–Crippen LogP) is 6.05. The Balaban J connectivity index is 1.64. The molecule has 0 radical (unpaired) electrons. The van der Waals surface area contributed by atoms with Gasteiger partial charge in [0.1, 0.15) is 18.1 Å². The number of carboxylic acids is 1. The minimum absolute atomic E-state index is 0.196. The van der Waals surface area contributed by atoms with Crippen molar-refractivity contribution in [2.45, 2.75) is 20.1 Å². The second-order valence-electron chi connectivity index (χ2n) is 7.61. The quantitative estimate of drug-likeness (QED) is 0.358. The Labute approximate surface area is 187 Å². The molecule has 162 valence electrons. The van der Waals surface area contributed by atoms with Crippen LogP contribution in [0.3, 0.4) is 0 Å². The third-order valence-corrected chi connectivity index (χ3v) is 5.41. The van der Waals surface area contributed by atoms with E-state index in [0.29, 0.717) is 24.6 Å². The summed E-state index contributed by atoms with van der Waals surface area (Å²) in [6.07, 6.45) is 0. The Morgan fingerprint density at radius 2 is 1.69 bits per heavy atom. The van der Waals surface area contributed by atoms with Gasteiger partial charge in [-0.2, -0.15) is 0 Å². The average molecular weight is 428 g/mol. The van der Waals surface area contributed by atoms with Crippen LogP contribution in [0.25, 0.3) is 10.8 Å². The second kappa shape index (κ2) is 9.43. The Kier molecular flexibility index (Phi) is 6.26. The molecule has 0 heterocycles. The van der Waals surface area contributed by atoms with Crippen molar-refractivity contribution in [1.82, 2.24) is 0 Å². The molecule has 4 rings (SSSR count). The van der Waals surface area contributed by atoms with Gasteiger partial charge >= 0.3 is 5.97 Å². The van der Waals surface area contributed by atoms with Crippen molar-refractivity contribution in [3.05, 3.63) is 101 Å². The highest BCUT2D eigenvalue weighted by Crippen LogP contribution is 2.32. The monoisotopic (exact) mass is 427 g/mol. The van der Waals surface area contributed by atoms with E-state index in [4.69, 9.17) is 9.47 Å². The lowest BCUT2D eigenvalue weighted by molar-refractivity contribution is 0.0697. The number of methoxy groups -OCH3 is 1. The molecule has 0 aromatic heterocycles. The van der Waals surface area contributed by atoms with Gasteiger partial charge in [0, 0.05) is 12.1 Å². The summed E-state index contributed by atoms with van der Waals surface area (Å²) in [6, 6.07) is 25.2. The van der Waals surface area contributed by atoms with Crippen molar-refractivity contribution in [1.29, 1.82) is 0 Å². The predicted molar refractivity (Wildman–Crippen MR) is 127 cm³/mol. The molecular formula is C27H25NO4. The van der Waals surface area contributed by atoms with Gasteiger partial charge in [0.15, 0.2) is 0 Å². The Bertz CT molecular complexity index is 1250. The maximum atomic E-state index is 11.4. The lowest BCUT2D eigenvalue weighted by Gasteiger charge is -2.17. The summed E-state index contributed by atoms with van der Waals surface area (Å²) in [7, 11) is 1.56. The molecule has 0 bridgehead atoms. The van der Waals surface area contributed by atoms with Crippen LogP contribution in [0.4, 0.5) is 5.69 Å². The number of hydrogen-bond acceptors (Lipinski definition) is 4. The first kappa shape index (κ1) is 21.2. The standard InChI is InChI=1S/C27H25NO4/c1-18-7-9-19(10-8-18)17-32-25-13-11-20-5-3-4-6-22(20)23(25)16-28-24-15-21(27(29)30)12-14-26(24)31-2/h3-15,28H,16-17H2,1-2H3,(H,29,30). The average Bonchev–Trinajstić information content (AvgIpc) is 2.82. The molecular weight excluding hydrogens is 402 g/mol. The van der Waals surface area contributed by atoms with Gasteiger partial charge in [-0.15, -0.1) is 0 Å². The largest absolute Gasteiger partial charge is 0.495 e. The van der Waals surface area contributed by atoms with Crippen LogP contribution in [0.1, 0.15) is 27.0 Å². The fraction of sp³-hybridized carbons (Fsp3) is 0.148. The van der Waals surface area contributed by atoms with E-state index in [1.807, 2.05) is 18.2 Å². The smallest absolute Gasteiger partial charge is 0.335 e. The van der Waals surface area contributed by atoms with E-state index < -0.39 is 5.97 Å². The van der Waals surface area contributed by atoms with E-state index in [0.717, 1.165) is 27.6 Å². The van der Waals surface area contributed by atoms with Crippen LogP contribution in [-0.2, 0) is 13.2 Å². The number of aromatic carboxylic acids is 1. The molecule has 2 N–H and O–H groups in total. The Morgan fingerprint density at radius 1 is 0.938 bits per heavy atom. The number of carboxylic acid groups (broad SMARTS) is 1. The normalized spacial score (nSPS) is 10.7. The molecule has 0 aliphatic carbocycles. The SMILES string of the molecule is COc1ccc(C(=O)O)cc1NCc1c(OCc2ccc(C)cc2)ccc2ccccc12. The molecule has 5 heteroatoms. The molecule has 0 atom stereocenters. The fourth-order valence-corrected chi connectivity index (χ4v) is 3.64. The van der Waals surface area contributed by atoms with E-state index in [1.54, 1.807) is 19.2 Å². The summed E-state index contributed by atoms with van der Waals surface area (Å²) in [5, 5.41) is 14.9. The highest BCUT2D eigenvalue weighted by molar-refractivity contribution is 5.90. The Morgan fingerprint density at radius 3 is 2.44 bits per heavy atom. The topological polar surface area (TPSA) is 67.8 Å². The molecule has 32 heavy (non-hydrogen) atoms. The molecule has 0 aliphatic rings. The third-order valence-electron chi connectivity index (χ3n) is 5.41. The van der Waals surface area contributed by atoms with Gasteiger partial charge in [-0.3, -0.25) is 0 Å². The molecule has 4 aromatic rings. The van der Waals surface area contributed by atoms with Crippen LogP contribution in [-0.4, -0.2) is 18.2 Å². The van der Waals surface area contributed by atoms with E-state index >= 15 is 0 Å². The van der Waals surface area contributed by atoms with Gasteiger partial charge in [-0.1, -0.05) is 60.2 Å². The number of fused-ring (bicyclic) bond motifs is 1. The third kappa shape index (κ3) is 4.67. The number of nitrogens with one attached hydrogen (secondary N) is 1. The van der Waals surface area contributed by atoms with Crippen LogP contribution < -0.4 is 14.8 Å². The lowest BCUT2D eigenvalue weighted by Crippen LogP contribution is -2.07. The van der Waals surface area contributed by atoms with Crippen LogP contribution >= 0.6 is 0 Å². The van der Waals surface area contributed by atoms with Gasteiger partial charge in [-0.25, -0.2) is 4.79 Å². The van der Waals surface area contributed by atoms with Gasteiger partial charge in [0.25, 0.3) is 0 Å². The van der Waals surface area contributed by atoms with Gasteiger partial charge in [-0.05, 0) is 47.5 Å². The number of benzene rings is 4. The number of anilines is 1. The molecule has 4 aromatic carbocycles. The maximum Gasteiger partial charge on any atom is 0.335 e. The van der Waals surface area contributed by atoms with Crippen LogP contribution in [0.2, 0.25) is 0 Å². The number of ether oxygens (including phenoxy) is 2. The first-order valence-corrected chi connectivity index (χ1v) is 10.4. The van der Waals surface area contributed by atoms with Gasteiger partial charge in [0.05, 0.1) is 18.4 Å². The van der Waals surface area contributed by atoms with E-state index in [-0.39, 0.29) is 5.56 Å². The molecule has 0 fully saturated rings. The summed E-state index contributed by atoms with van der Waals surface area (Å²) in [6.45, 7) is 2.97. The summed E-state index contributed by atoms with van der Waals surface area (Å²) in [4.78, 5) is 11.4. The number of aryl methyl sites for hydroxylation is 1. The van der Waals surface area contributed by atoms with Crippen molar-refractivity contribution < 1.29 is 19.4 Å². The minimum atomic E-state index is -0.983. The summed E-state index contributed by atoms with van der Waals surface area (Å²) in [5.74, 6) is 0.380. The van der Waals surface area contributed by atoms with Gasteiger partial charge in [0.2, 0.25) is 0 Å². The molecule has 0 saturated heterocycles. The summed E-state index contributed by atoms with van der Waals surface area (Å²) >= 11 is 0. The zero-order valence-corrected chi connectivity index (χ0v) is 18.1. The van der Waals surface area contributed by atoms with Crippen LogP contribution in [0.15, 0.2) is 78.9 Å². The van der Waals surface area contributed by atoms with Crippen molar-refractivity contribution in [2.75, 3.05) is 12.4 Å². The maximum absolute atomic E-state index is 11.4. The minimum Gasteiger partial charge on any atom is -0.495 e. The molecule has 5 nitrogen and oxygen atoms in total. The number of carbonyl (C=O) groups is 1. The van der Waals surface area contributed by atoms with E-state index in [9.17, 15) is 9.90 Å². The Hall–Kier alpha value is -3.99. The van der Waals surface area contributed by atoms with Crippen molar-refractivity contribution >= 4 is 22.4 Å². The first-order chi connectivity index (χ1) is 15.5. The molecule has 0 amide bonds. The number of hydrogen-bond donors (Lipinski definition) is 2. The lowest BCUT2D eigenvalue weighted by atomic mass is 10.0. The van der Waals surface area contributed by atoms with Crippen molar-refractivity contribution in [3.8, 4) is 11.5 Å². The molecule has 0 unspecified atom stereocenters.